The molecule has 0 aliphatic carbocycles. The highest BCUT2D eigenvalue weighted by atomic mass is 16.5. The average molecular weight is 324 g/mol. The maximum absolute atomic E-state index is 5.88. The summed E-state index contributed by atoms with van der Waals surface area (Å²) >= 11 is 0. The van der Waals surface area contributed by atoms with Crippen LogP contribution in [0.2, 0.25) is 0 Å². The van der Waals surface area contributed by atoms with Crippen LogP contribution < -0.4 is 10.6 Å². The zero-order chi connectivity index (χ0) is 16.4. The highest BCUT2D eigenvalue weighted by Gasteiger charge is 2.26. The van der Waals surface area contributed by atoms with Gasteiger partial charge < -0.3 is 20.4 Å². The molecule has 4 rings (SSSR count). The largest absolute Gasteiger partial charge is 0.376 e. The summed E-state index contributed by atoms with van der Waals surface area (Å²) in [6.45, 7) is 3.24. The molecule has 1 fully saturated rings. The second kappa shape index (κ2) is 6.45. The lowest BCUT2D eigenvalue weighted by molar-refractivity contribution is 0.0929. The molecule has 0 saturated carbocycles. The number of nitrogens with one attached hydrogen (secondary N) is 1. The molecule has 0 unspecified atom stereocenters. The van der Waals surface area contributed by atoms with E-state index in [9.17, 15) is 0 Å². The third kappa shape index (κ3) is 3.03. The van der Waals surface area contributed by atoms with Gasteiger partial charge in [0.2, 0.25) is 5.95 Å². The van der Waals surface area contributed by atoms with Crippen molar-refractivity contribution in [1.29, 1.82) is 0 Å². The summed E-state index contributed by atoms with van der Waals surface area (Å²) in [7, 11) is 0. The van der Waals surface area contributed by atoms with Crippen molar-refractivity contribution in [1.82, 2.24) is 19.9 Å². The second-order valence-corrected chi connectivity index (χ2v) is 6.11. The number of anilines is 2. The van der Waals surface area contributed by atoms with Gasteiger partial charge in [-0.2, -0.15) is 9.97 Å². The summed E-state index contributed by atoms with van der Waals surface area (Å²) in [6, 6.07) is 10.2. The van der Waals surface area contributed by atoms with Gasteiger partial charge in [-0.15, -0.1) is 0 Å². The number of fused-ring (bicyclic) bond motifs is 1. The first-order valence-electron chi connectivity index (χ1n) is 8.13. The van der Waals surface area contributed by atoms with Crippen molar-refractivity contribution in [2.24, 2.45) is 5.92 Å². The summed E-state index contributed by atoms with van der Waals surface area (Å²) in [5.41, 5.74) is 8.46. The zero-order valence-electron chi connectivity index (χ0n) is 13.4. The first kappa shape index (κ1) is 14.9. The standard InChI is InChI=1S/C17H20N6O/c18-17-21-15-14(19-11-20-15)16(22-17)23-7-6-13(8-23)10-24-9-12-4-2-1-3-5-12/h1-5,11,13H,6-10H2,(H3,18,19,20,21,22)/t13-/m1/s1. The Morgan fingerprint density at radius 1 is 1.25 bits per heavy atom. The van der Waals surface area contributed by atoms with E-state index in [2.05, 4.69) is 37.0 Å². The van der Waals surface area contributed by atoms with E-state index in [1.807, 2.05) is 18.2 Å². The normalized spacial score (nSPS) is 17.7. The zero-order valence-corrected chi connectivity index (χ0v) is 13.4. The predicted molar refractivity (Wildman–Crippen MR) is 92.5 cm³/mol. The predicted octanol–water partition coefficient (Wildman–Crippen LogP) is 1.98. The topological polar surface area (TPSA) is 92.9 Å². The van der Waals surface area contributed by atoms with Crippen LogP contribution in [0.5, 0.6) is 0 Å². The van der Waals surface area contributed by atoms with Gasteiger partial charge in [-0.1, -0.05) is 30.3 Å². The molecule has 3 aromatic rings. The number of aromatic nitrogens is 4. The van der Waals surface area contributed by atoms with Gasteiger partial charge in [0.1, 0.15) is 5.52 Å². The molecule has 0 radical (unpaired) electrons. The van der Waals surface area contributed by atoms with E-state index in [0.717, 1.165) is 37.5 Å². The Hall–Kier alpha value is -2.67. The van der Waals surface area contributed by atoms with Gasteiger partial charge in [0, 0.05) is 19.0 Å². The number of nitrogens with zero attached hydrogens (tertiary/aromatic N) is 4. The van der Waals surface area contributed by atoms with Crippen LogP contribution in [0.3, 0.4) is 0 Å². The number of nitrogens with two attached hydrogens (primary N) is 1. The minimum atomic E-state index is 0.258. The van der Waals surface area contributed by atoms with Crippen molar-refractivity contribution in [3.63, 3.8) is 0 Å². The molecule has 7 nitrogen and oxygen atoms in total. The number of hydrogen-bond donors (Lipinski definition) is 2. The van der Waals surface area contributed by atoms with Crippen LogP contribution >= 0.6 is 0 Å². The van der Waals surface area contributed by atoms with E-state index in [-0.39, 0.29) is 5.95 Å². The fourth-order valence-electron chi connectivity index (χ4n) is 3.14. The van der Waals surface area contributed by atoms with Crippen molar-refractivity contribution >= 4 is 22.9 Å². The number of rotatable bonds is 5. The van der Waals surface area contributed by atoms with Crippen molar-refractivity contribution in [2.45, 2.75) is 13.0 Å². The summed E-state index contributed by atoms with van der Waals surface area (Å²) < 4.78 is 5.88. The van der Waals surface area contributed by atoms with E-state index in [1.165, 1.54) is 5.56 Å². The lowest BCUT2D eigenvalue weighted by atomic mass is 10.1. The molecule has 0 spiro atoms. The van der Waals surface area contributed by atoms with Gasteiger partial charge in [-0.25, -0.2) is 4.98 Å². The molecule has 3 N–H and O–H groups in total. The fraction of sp³-hybridized carbons (Fsp3) is 0.353. The van der Waals surface area contributed by atoms with Crippen LogP contribution in [0.15, 0.2) is 36.7 Å². The van der Waals surface area contributed by atoms with Gasteiger partial charge in [0.05, 0.1) is 19.5 Å². The Bertz CT molecular complexity index is 818. The van der Waals surface area contributed by atoms with Gasteiger partial charge in [0.25, 0.3) is 0 Å². The highest BCUT2D eigenvalue weighted by molar-refractivity contribution is 5.84. The lowest BCUT2D eigenvalue weighted by Crippen LogP contribution is -2.23. The van der Waals surface area contributed by atoms with Gasteiger partial charge in [-0.3, -0.25) is 0 Å². The number of ether oxygens (including phenoxy) is 1. The minimum absolute atomic E-state index is 0.258. The van der Waals surface area contributed by atoms with Crippen molar-refractivity contribution < 1.29 is 4.74 Å². The Labute approximate surface area is 139 Å². The molecular weight excluding hydrogens is 304 g/mol. The Kier molecular flexibility index (Phi) is 4.00. The smallest absolute Gasteiger partial charge is 0.224 e. The minimum Gasteiger partial charge on any atom is -0.376 e. The van der Waals surface area contributed by atoms with Crippen molar-refractivity contribution in [2.75, 3.05) is 30.3 Å². The summed E-state index contributed by atoms with van der Waals surface area (Å²) in [5.74, 6) is 1.58. The number of imidazole rings is 1. The lowest BCUT2D eigenvalue weighted by Gasteiger charge is -2.18. The van der Waals surface area contributed by atoms with E-state index in [1.54, 1.807) is 6.33 Å². The molecule has 24 heavy (non-hydrogen) atoms. The third-order valence-corrected chi connectivity index (χ3v) is 4.33. The van der Waals surface area contributed by atoms with Crippen molar-refractivity contribution in [3.8, 4) is 0 Å². The second-order valence-electron chi connectivity index (χ2n) is 6.11. The number of aromatic amines is 1. The fourth-order valence-corrected chi connectivity index (χ4v) is 3.14. The van der Waals surface area contributed by atoms with E-state index < -0.39 is 0 Å². The van der Waals surface area contributed by atoms with Crippen LogP contribution in [0.4, 0.5) is 11.8 Å². The van der Waals surface area contributed by atoms with Gasteiger partial charge >= 0.3 is 0 Å². The van der Waals surface area contributed by atoms with E-state index in [0.29, 0.717) is 18.2 Å². The van der Waals surface area contributed by atoms with E-state index in [4.69, 9.17) is 10.5 Å². The highest BCUT2D eigenvalue weighted by Crippen LogP contribution is 2.27. The van der Waals surface area contributed by atoms with Crippen LogP contribution in [0.1, 0.15) is 12.0 Å². The molecular formula is C17H20N6O. The maximum atomic E-state index is 5.88. The summed E-state index contributed by atoms with van der Waals surface area (Å²) in [4.78, 5) is 18.1. The molecule has 2 aromatic heterocycles. The number of H-pyrrole nitrogens is 1. The molecule has 1 saturated heterocycles. The quantitative estimate of drug-likeness (QED) is 0.745. The Balaban J connectivity index is 1.38. The SMILES string of the molecule is Nc1nc(N2CC[C@@H](COCc3ccccc3)C2)c2[nH]cnc2n1. The molecule has 124 valence electrons. The van der Waals surface area contributed by atoms with E-state index >= 15 is 0 Å². The molecule has 0 amide bonds. The van der Waals surface area contributed by atoms with Gasteiger partial charge in [-0.05, 0) is 12.0 Å². The van der Waals surface area contributed by atoms with Crippen LogP contribution in [-0.4, -0.2) is 39.6 Å². The monoisotopic (exact) mass is 324 g/mol. The third-order valence-electron chi connectivity index (χ3n) is 4.33. The van der Waals surface area contributed by atoms with Crippen LogP contribution in [0, 0.1) is 5.92 Å². The number of benzene rings is 1. The first-order chi connectivity index (χ1) is 11.8. The molecule has 3 heterocycles. The molecule has 0 bridgehead atoms. The van der Waals surface area contributed by atoms with Crippen LogP contribution in [-0.2, 0) is 11.3 Å². The summed E-state index contributed by atoms with van der Waals surface area (Å²) in [5, 5.41) is 0. The Morgan fingerprint density at radius 2 is 2.12 bits per heavy atom. The Morgan fingerprint density at radius 3 is 3.00 bits per heavy atom. The molecule has 1 aromatic carbocycles. The molecule has 7 heteroatoms. The van der Waals surface area contributed by atoms with Crippen molar-refractivity contribution in [3.05, 3.63) is 42.2 Å². The molecule has 1 aliphatic heterocycles. The summed E-state index contributed by atoms with van der Waals surface area (Å²) in [6.07, 6.45) is 2.70. The number of hydrogen-bond acceptors (Lipinski definition) is 6. The molecule has 1 aliphatic rings. The average Bonchev–Trinajstić information content (AvgIpc) is 3.24. The maximum Gasteiger partial charge on any atom is 0.224 e. The van der Waals surface area contributed by atoms with Crippen LogP contribution in [0.25, 0.3) is 11.2 Å². The van der Waals surface area contributed by atoms with Gasteiger partial charge in [0.15, 0.2) is 11.5 Å². The molecule has 1 atom stereocenters. The number of nitrogen functional groups attached to an aromatic ring is 1. The first-order valence-corrected chi connectivity index (χ1v) is 8.13.